The van der Waals surface area contributed by atoms with Crippen LogP contribution >= 0.6 is 11.3 Å². The Kier molecular flexibility index (Phi) is 6.93. The van der Waals surface area contributed by atoms with E-state index in [-0.39, 0.29) is 5.97 Å². The normalized spacial score (nSPS) is 11.2. The maximum absolute atomic E-state index is 12.1. The van der Waals surface area contributed by atoms with Crippen molar-refractivity contribution < 1.29 is 9.53 Å². The van der Waals surface area contributed by atoms with Gasteiger partial charge in [0.2, 0.25) is 0 Å². The number of thiophene rings is 1. The Balaban J connectivity index is 2.12. The monoisotopic (exact) mass is 350 g/mol. The summed E-state index contributed by atoms with van der Waals surface area (Å²) in [4.78, 5) is 24.5. The van der Waals surface area contributed by atoms with Gasteiger partial charge in [-0.1, -0.05) is 13.8 Å². The van der Waals surface area contributed by atoms with Gasteiger partial charge in [-0.15, -0.1) is 11.3 Å². The lowest BCUT2D eigenvalue weighted by Gasteiger charge is -2.17. The van der Waals surface area contributed by atoms with Crippen molar-refractivity contribution in [1.29, 1.82) is 0 Å². The fourth-order valence-electron chi connectivity index (χ4n) is 2.65. The Morgan fingerprint density at radius 2 is 2.04 bits per heavy atom. The number of carbonyl (C=O) groups is 1. The minimum atomic E-state index is -0.287. The third-order valence-electron chi connectivity index (χ3n) is 4.03. The van der Waals surface area contributed by atoms with Crippen LogP contribution in [0.1, 0.15) is 42.4 Å². The lowest BCUT2D eigenvalue weighted by atomic mass is 10.2. The molecular formula is C17H26N4O2S. The van der Waals surface area contributed by atoms with E-state index < -0.39 is 0 Å². The number of esters is 1. The summed E-state index contributed by atoms with van der Waals surface area (Å²) in [5.74, 6) is 0.509. The molecule has 0 aromatic carbocycles. The molecule has 0 radical (unpaired) electrons. The van der Waals surface area contributed by atoms with Gasteiger partial charge >= 0.3 is 5.97 Å². The van der Waals surface area contributed by atoms with Crippen LogP contribution in [0.3, 0.4) is 0 Å². The van der Waals surface area contributed by atoms with Crippen molar-refractivity contribution in [2.45, 2.75) is 34.1 Å². The minimum Gasteiger partial charge on any atom is -0.462 e. The summed E-state index contributed by atoms with van der Waals surface area (Å²) in [6.07, 6.45) is 2.58. The average Bonchev–Trinajstić information content (AvgIpc) is 2.93. The summed E-state index contributed by atoms with van der Waals surface area (Å²) in [5, 5.41) is 4.32. The van der Waals surface area contributed by atoms with Gasteiger partial charge in [0, 0.05) is 6.54 Å². The quantitative estimate of drug-likeness (QED) is 0.553. The first kappa shape index (κ1) is 18.6. The topological polar surface area (TPSA) is 67.3 Å². The van der Waals surface area contributed by atoms with Gasteiger partial charge in [0.1, 0.15) is 21.9 Å². The van der Waals surface area contributed by atoms with Crippen molar-refractivity contribution in [3.8, 4) is 0 Å². The van der Waals surface area contributed by atoms with Crippen molar-refractivity contribution in [2.24, 2.45) is 0 Å². The highest BCUT2D eigenvalue weighted by atomic mass is 32.1. The molecule has 0 unspecified atom stereocenters. The molecule has 0 saturated heterocycles. The number of nitrogens with zero attached hydrogens (tertiary/aromatic N) is 3. The van der Waals surface area contributed by atoms with Gasteiger partial charge in [0.05, 0.1) is 12.0 Å². The molecule has 1 N–H and O–H groups in total. The molecule has 0 bridgehead atoms. The van der Waals surface area contributed by atoms with Crippen LogP contribution in [-0.2, 0) is 4.74 Å². The molecule has 2 heterocycles. The van der Waals surface area contributed by atoms with Gasteiger partial charge in [-0.2, -0.15) is 0 Å². The van der Waals surface area contributed by atoms with Crippen molar-refractivity contribution in [1.82, 2.24) is 14.9 Å². The highest BCUT2D eigenvalue weighted by Crippen LogP contribution is 2.33. The summed E-state index contributed by atoms with van der Waals surface area (Å²) in [6, 6.07) is 0. The van der Waals surface area contributed by atoms with E-state index >= 15 is 0 Å². The minimum absolute atomic E-state index is 0.287. The second-order valence-electron chi connectivity index (χ2n) is 5.49. The molecule has 132 valence electrons. The van der Waals surface area contributed by atoms with E-state index in [4.69, 9.17) is 4.74 Å². The molecular weight excluding hydrogens is 324 g/mol. The number of ether oxygens (including phenoxy) is 1. The predicted octanol–water partition coefficient (Wildman–Crippen LogP) is 3.32. The number of aryl methyl sites for hydroxylation is 1. The Morgan fingerprint density at radius 3 is 2.71 bits per heavy atom. The Hall–Kier alpha value is -1.73. The van der Waals surface area contributed by atoms with Crippen LogP contribution in [0, 0.1) is 6.92 Å². The summed E-state index contributed by atoms with van der Waals surface area (Å²) < 4.78 is 5.13. The first-order valence-electron chi connectivity index (χ1n) is 8.49. The zero-order valence-corrected chi connectivity index (χ0v) is 15.7. The standard InChI is InChI=1S/C17H26N4O2S/c1-5-21(6-2)10-8-9-18-15-13-12(4)14(17(22)23-7-3)24-16(13)20-11-19-15/h11H,5-10H2,1-4H3,(H,18,19,20). The number of nitrogens with one attached hydrogen (secondary N) is 1. The maximum Gasteiger partial charge on any atom is 0.348 e. The number of hydrogen-bond donors (Lipinski definition) is 1. The number of aromatic nitrogens is 2. The fourth-order valence-corrected chi connectivity index (χ4v) is 3.69. The smallest absolute Gasteiger partial charge is 0.348 e. The summed E-state index contributed by atoms with van der Waals surface area (Å²) in [6.45, 7) is 12.5. The number of anilines is 1. The van der Waals surface area contributed by atoms with E-state index in [0.29, 0.717) is 11.5 Å². The van der Waals surface area contributed by atoms with Crippen molar-refractivity contribution in [3.05, 3.63) is 16.8 Å². The number of hydrogen-bond acceptors (Lipinski definition) is 7. The number of rotatable bonds is 9. The molecule has 24 heavy (non-hydrogen) atoms. The van der Waals surface area contributed by atoms with Crippen molar-refractivity contribution >= 4 is 33.3 Å². The van der Waals surface area contributed by atoms with E-state index in [2.05, 4.69) is 34.0 Å². The van der Waals surface area contributed by atoms with E-state index in [1.54, 1.807) is 6.33 Å². The molecule has 0 aliphatic heterocycles. The van der Waals surface area contributed by atoms with Crippen molar-refractivity contribution in [3.63, 3.8) is 0 Å². The molecule has 0 fully saturated rings. The zero-order valence-electron chi connectivity index (χ0n) is 14.9. The molecule has 7 heteroatoms. The largest absolute Gasteiger partial charge is 0.462 e. The Morgan fingerprint density at radius 1 is 1.29 bits per heavy atom. The summed E-state index contributed by atoms with van der Waals surface area (Å²) in [5.41, 5.74) is 0.889. The third kappa shape index (κ3) is 4.21. The Bertz CT molecular complexity index is 683. The van der Waals surface area contributed by atoms with Gasteiger partial charge in [0.25, 0.3) is 0 Å². The van der Waals surface area contributed by atoms with E-state index in [1.807, 2.05) is 13.8 Å². The van der Waals surface area contributed by atoms with Crippen LogP contribution in [0.2, 0.25) is 0 Å². The first-order valence-corrected chi connectivity index (χ1v) is 9.31. The lowest BCUT2D eigenvalue weighted by molar-refractivity contribution is 0.0531. The van der Waals surface area contributed by atoms with Crippen LogP contribution < -0.4 is 5.32 Å². The highest BCUT2D eigenvalue weighted by molar-refractivity contribution is 7.20. The first-order chi connectivity index (χ1) is 11.6. The molecule has 0 aliphatic carbocycles. The van der Waals surface area contributed by atoms with Crippen LogP contribution in [0.25, 0.3) is 10.2 Å². The molecule has 0 saturated carbocycles. The number of fused-ring (bicyclic) bond motifs is 1. The fraction of sp³-hybridized carbons (Fsp3) is 0.588. The van der Waals surface area contributed by atoms with E-state index in [9.17, 15) is 4.79 Å². The molecule has 2 aromatic heterocycles. The molecule has 0 aliphatic rings. The van der Waals surface area contributed by atoms with Crippen molar-refractivity contribution in [2.75, 3.05) is 38.1 Å². The number of carbonyl (C=O) groups excluding carboxylic acids is 1. The molecule has 0 amide bonds. The van der Waals surface area contributed by atoms with E-state index in [1.165, 1.54) is 11.3 Å². The summed E-state index contributed by atoms with van der Waals surface area (Å²) >= 11 is 1.36. The predicted molar refractivity (Wildman–Crippen MR) is 99.0 cm³/mol. The maximum atomic E-state index is 12.1. The van der Waals surface area contributed by atoms with Gasteiger partial charge in [-0.25, -0.2) is 14.8 Å². The SMILES string of the molecule is CCOC(=O)c1sc2ncnc(NCCCN(CC)CC)c2c1C. The van der Waals surface area contributed by atoms with Gasteiger partial charge in [-0.05, 0) is 45.5 Å². The average molecular weight is 350 g/mol. The van der Waals surface area contributed by atoms with Crippen LogP contribution in [0.5, 0.6) is 0 Å². The highest BCUT2D eigenvalue weighted by Gasteiger charge is 2.19. The Labute approximate surface area is 147 Å². The molecule has 6 nitrogen and oxygen atoms in total. The van der Waals surface area contributed by atoms with Gasteiger partial charge in [-0.3, -0.25) is 0 Å². The molecule has 0 atom stereocenters. The second kappa shape index (κ2) is 8.94. The van der Waals surface area contributed by atoms with Gasteiger partial charge in [0.15, 0.2) is 0 Å². The molecule has 2 aromatic rings. The summed E-state index contributed by atoms with van der Waals surface area (Å²) in [7, 11) is 0. The third-order valence-corrected chi connectivity index (χ3v) is 5.21. The van der Waals surface area contributed by atoms with Crippen LogP contribution in [-0.4, -0.2) is 53.6 Å². The molecule has 2 rings (SSSR count). The second-order valence-corrected chi connectivity index (χ2v) is 6.49. The van der Waals surface area contributed by atoms with Crippen LogP contribution in [0.15, 0.2) is 6.33 Å². The molecule has 0 spiro atoms. The van der Waals surface area contributed by atoms with E-state index in [0.717, 1.165) is 54.2 Å². The van der Waals surface area contributed by atoms with Gasteiger partial charge < -0.3 is 15.0 Å². The van der Waals surface area contributed by atoms with Crippen LogP contribution in [0.4, 0.5) is 5.82 Å². The zero-order chi connectivity index (χ0) is 17.5. The lowest BCUT2D eigenvalue weighted by Crippen LogP contribution is -2.25.